The van der Waals surface area contributed by atoms with Crippen molar-refractivity contribution in [3.63, 3.8) is 0 Å². The fourth-order valence-corrected chi connectivity index (χ4v) is 4.40. The van der Waals surface area contributed by atoms with Gasteiger partial charge in [-0.25, -0.2) is 14.4 Å². The number of nitrogens with zero attached hydrogens (tertiary/aromatic N) is 3. The number of aryl methyl sites for hydroxylation is 3. The Morgan fingerprint density at radius 1 is 1.14 bits per heavy atom. The Bertz CT molecular complexity index is 1440. The fraction of sp³-hybridized carbons (Fsp3) is 0.200. The molecular weight excluding hydrogens is 469 g/mol. The lowest BCUT2D eigenvalue weighted by Crippen LogP contribution is -2.19. The van der Waals surface area contributed by atoms with Crippen LogP contribution in [0.25, 0.3) is 11.3 Å². The standard InChI is InChI=1S/C25H23ClFN7O/c1-13-11-29-18-8-3-5-14-9-10-19(31-21(14)20(13)18)32-25-30-12-16(26)23(34-25)33-22-15(24(35)28-2)6-4-7-17(22)27/h4,6-7,9-12,29H,3,5,8H2,1-2H3,(H,28,35)(H2,30,31,32,33,34). The van der Waals surface area contributed by atoms with Gasteiger partial charge in [0, 0.05) is 24.5 Å². The van der Waals surface area contributed by atoms with Crippen molar-refractivity contribution in [1.82, 2.24) is 25.3 Å². The maximum absolute atomic E-state index is 14.6. The van der Waals surface area contributed by atoms with E-state index in [1.807, 2.05) is 12.3 Å². The van der Waals surface area contributed by atoms with E-state index in [9.17, 15) is 9.18 Å². The van der Waals surface area contributed by atoms with Crippen LogP contribution in [0.5, 0.6) is 0 Å². The summed E-state index contributed by atoms with van der Waals surface area (Å²) in [6, 6.07) is 8.17. The van der Waals surface area contributed by atoms with E-state index in [1.165, 1.54) is 42.7 Å². The first-order chi connectivity index (χ1) is 16.9. The maximum atomic E-state index is 14.6. The lowest BCUT2D eigenvalue weighted by Gasteiger charge is -2.14. The van der Waals surface area contributed by atoms with E-state index >= 15 is 0 Å². The van der Waals surface area contributed by atoms with Gasteiger partial charge in [-0.2, -0.15) is 4.98 Å². The van der Waals surface area contributed by atoms with Crippen molar-refractivity contribution in [2.24, 2.45) is 0 Å². The molecule has 1 aliphatic rings. The summed E-state index contributed by atoms with van der Waals surface area (Å²) in [4.78, 5) is 29.1. The zero-order valence-corrected chi connectivity index (χ0v) is 19.9. The third-order valence-electron chi connectivity index (χ3n) is 5.96. The van der Waals surface area contributed by atoms with Crippen LogP contribution in [0.2, 0.25) is 5.02 Å². The van der Waals surface area contributed by atoms with Crippen LogP contribution in [0.15, 0.2) is 42.7 Å². The number of benzene rings is 1. The second-order valence-electron chi connectivity index (χ2n) is 8.26. The molecule has 3 heterocycles. The van der Waals surface area contributed by atoms with E-state index in [4.69, 9.17) is 16.6 Å². The number of carbonyl (C=O) groups is 1. The van der Waals surface area contributed by atoms with Gasteiger partial charge in [0.05, 0.1) is 23.1 Å². The summed E-state index contributed by atoms with van der Waals surface area (Å²) >= 11 is 6.28. The van der Waals surface area contributed by atoms with E-state index in [1.54, 1.807) is 0 Å². The van der Waals surface area contributed by atoms with Crippen LogP contribution in [0.4, 0.5) is 27.7 Å². The molecule has 0 atom stereocenters. The average molecular weight is 492 g/mol. The number of anilines is 4. The van der Waals surface area contributed by atoms with Crippen LogP contribution in [0.3, 0.4) is 0 Å². The van der Waals surface area contributed by atoms with E-state index in [-0.39, 0.29) is 28.0 Å². The Labute approximate surface area is 206 Å². The second-order valence-corrected chi connectivity index (χ2v) is 8.67. The quantitative estimate of drug-likeness (QED) is 0.301. The lowest BCUT2D eigenvalue weighted by atomic mass is 10.0. The van der Waals surface area contributed by atoms with Gasteiger partial charge < -0.3 is 20.9 Å². The zero-order valence-electron chi connectivity index (χ0n) is 19.2. The molecule has 1 aromatic carbocycles. The molecule has 4 aromatic rings. The van der Waals surface area contributed by atoms with Gasteiger partial charge in [0.15, 0.2) is 5.82 Å². The molecule has 10 heteroatoms. The first-order valence-electron chi connectivity index (χ1n) is 11.2. The van der Waals surface area contributed by atoms with E-state index in [0.717, 1.165) is 36.1 Å². The highest BCUT2D eigenvalue weighted by Gasteiger charge is 2.20. The highest BCUT2D eigenvalue weighted by Crippen LogP contribution is 2.35. The predicted octanol–water partition coefficient (Wildman–Crippen LogP) is 5.30. The van der Waals surface area contributed by atoms with Crippen LogP contribution in [-0.4, -0.2) is 32.9 Å². The molecule has 178 valence electrons. The Kier molecular flexibility index (Phi) is 6.08. The Morgan fingerprint density at radius 3 is 2.83 bits per heavy atom. The molecule has 4 N–H and O–H groups in total. The monoisotopic (exact) mass is 491 g/mol. The first kappa shape index (κ1) is 22.8. The molecule has 0 saturated carbocycles. The third kappa shape index (κ3) is 4.42. The summed E-state index contributed by atoms with van der Waals surface area (Å²) in [6.07, 6.45) is 6.39. The summed E-state index contributed by atoms with van der Waals surface area (Å²) in [7, 11) is 1.47. The molecule has 0 unspecified atom stereocenters. The summed E-state index contributed by atoms with van der Waals surface area (Å²) in [5, 5.41) is 8.63. The van der Waals surface area contributed by atoms with Gasteiger partial charge in [-0.05, 0) is 55.5 Å². The summed E-state index contributed by atoms with van der Waals surface area (Å²) in [5.41, 5.74) is 5.71. The molecular formula is C25H23ClFN7O. The minimum Gasteiger partial charge on any atom is -0.364 e. The number of para-hydroxylation sites is 1. The number of aromatic amines is 1. The van der Waals surface area contributed by atoms with Crippen LogP contribution >= 0.6 is 11.6 Å². The van der Waals surface area contributed by atoms with Crippen molar-refractivity contribution < 1.29 is 9.18 Å². The highest BCUT2D eigenvalue weighted by molar-refractivity contribution is 6.33. The fourth-order valence-electron chi connectivity index (χ4n) is 4.26. The lowest BCUT2D eigenvalue weighted by molar-refractivity contribution is 0.0963. The van der Waals surface area contributed by atoms with Gasteiger partial charge in [-0.3, -0.25) is 4.79 Å². The molecule has 0 aliphatic heterocycles. The predicted molar refractivity (Wildman–Crippen MR) is 134 cm³/mol. The molecule has 8 nitrogen and oxygen atoms in total. The number of halogens is 2. The molecule has 3 aromatic heterocycles. The number of hydrogen-bond donors (Lipinski definition) is 4. The maximum Gasteiger partial charge on any atom is 0.253 e. The number of hydrogen-bond acceptors (Lipinski definition) is 6. The summed E-state index contributed by atoms with van der Waals surface area (Å²) < 4.78 is 14.6. The van der Waals surface area contributed by atoms with Crippen LogP contribution in [-0.2, 0) is 12.8 Å². The summed E-state index contributed by atoms with van der Waals surface area (Å²) in [5.74, 6) is -0.105. The van der Waals surface area contributed by atoms with Gasteiger partial charge in [0.2, 0.25) is 5.95 Å². The van der Waals surface area contributed by atoms with E-state index < -0.39 is 11.7 Å². The van der Waals surface area contributed by atoms with Gasteiger partial charge in [-0.1, -0.05) is 23.7 Å². The third-order valence-corrected chi connectivity index (χ3v) is 6.24. The second kappa shape index (κ2) is 9.34. The number of pyridine rings is 1. The zero-order chi connectivity index (χ0) is 24.5. The smallest absolute Gasteiger partial charge is 0.253 e. The molecule has 0 spiro atoms. The Morgan fingerprint density at radius 2 is 2.00 bits per heavy atom. The van der Waals surface area contributed by atoms with Gasteiger partial charge in [0.25, 0.3) is 5.91 Å². The van der Waals surface area contributed by atoms with Crippen LogP contribution < -0.4 is 16.0 Å². The number of aromatic nitrogens is 4. The van der Waals surface area contributed by atoms with Gasteiger partial charge in [0.1, 0.15) is 16.7 Å². The number of carbonyl (C=O) groups excluding carboxylic acids is 1. The number of H-pyrrole nitrogens is 1. The molecule has 0 saturated heterocycles. The van der Waals surface area contributed by atoms with Crippen molar-refractivity contribution in [2.45, 2.75) is 26.2 Å². The molecule has 0 radical (unpaired) electrons. The average Bonchev–Trinajstić information content (AvgIpc) is 3.11. The normalized spacial score (nSPS) is 12.3. The largest absolute Gasteiger partial charge is 0.364 e. The minimum atomic E-state index is -0.611. The van der Waals surface area contributed by atoms with Crippen LogP contribution in [0, 0.1) is 12.7 Å². The van der Waals surface area contributed by atoms with Crippen molar-refractivity contribution in [1.29, 1.82) is 0 Å². The van der Waals surface area contributed by atoms with E-state index in [2.05, 4.69) is 43.9 Å². The molecule has 35 heavy (non-hydrogen) atoms. The Hall–Kier alpha value is -3.98. The van der Waals surface area contributed by atoms with Gasteiger partial charge >= 0.3 is 0 Å². The number of amides is 1. The molecule has 1 aliphatic carbocycles. The van der Waals surface area contributed by atoms with E-state index in [0.29, 0.717) is 5.82 Å². The first-order valence-corrected chi connectivity index (χ1v) is 11.6. The summed E-state index contributed by atoms with van der Waals surface area (Å²) in [6.45, 7) is 2.07. The molecule has 1 amide bonds. The molecule has 0 bridgehead atoms. The molecule has 0 fully saturated rings. The Balaban J connectivity index is 1.47. The van der Waals surface area contributed by atoms with Crippen molar-refractivity contribution in [3.8, 4) is 11.3 Å². The number of rotatable bonds is 5. The number of fused-ring (bicyclic) bond motifs is 3. The van der Waals surface area contributed by atoms with Crippen molar-refractivity contribution in [3.05, 3.63) is 75.9 Å². The highest BCUT2D eigenvalue weighted by atomic mass is 35.5. The van der Waals surface area contributed by atoms with Crippen LogP contribution in [0.1, 0.15) is 33.6 Å². The topological polar surface area (TPSA) is 108 Å². The molecule has 5 rings (SSSR count). The SMILES string of the molecule is CNC(=O)c1cccc(F)c1Nc1nc(Nc2ccc3c(n2)-c2c(C)c[nH]c2CCC3)ncc1Cl. The number of nitrogens with one attached hydrogen (secondary N) is 4. The van der Waals surface area contributed by atoms with Crippen molar-refractivity contribution >= 4 is 40.8 Å². The van der Waals surface area contributed by atoms with Crippen molar-refractivity contribution in [2.75, 3.05) is 17.7 Å². The van der Waals surface area contributed by atoms with Gasteiger partial charge in [-0.15, -0.1) is 0 Å². The minimum absolute atomic E-state index is 0.0305.